The SMILES string of the molecule is CCOC(=O)C1=C(C)NC(SCC(=O)[O-])=N[C@@H]1c1ccccc1. The summed E-state index contributed by atoms with van der Waals surface area (Å²) in [5.74, 6) is -1.82. The molecule has 0 saturated heterocycles. The van der Waals surface area contributed by atoms with Gasteiger partial charge < -0.3 is 20.0 Å². The number of ether oxygens (including phenoxy) is 1. The number of benzene rings is 1. The van der Waals surface area contributed by atoms with E-state index in [-0.39, 0.29) is 12.4 Å². The van der Waals surface area contributed by atoms with Crippen LogP contribution in [0.1, 0.15) is 25.5 Å². The first-order valence-electron chi connectivity index (χ1n) is 7.13. The molecule has 6 nitrogen and oxygen atoms in total. The summed E-state index contributed by atoms with van der Waals surface area (Å²) in [6.45, 7) is 3.76. The fourth-order valence-corrected chi connectivity index (χ4v) is 2.86. The molecule has 0 unspecified atom stereocenters. The Morgan fingerprint density at radius 2 is 2.04 bits per heavy atom. The maximum atomic E-state index is 12.3. The highest BCUT2D eigenvalue weighted by atomic mass is 32.2. The second-order valence-corrected chi connectivity index (χ2v) is 5.76. The summed E-state index contributed by atoms with van der Waals surface area (Å²) in [6.07, 6.45) is 0. The third-order valence-electron chi connectivity index (χ3n) is 3.16. The molecule has 0 aliphatic carbocycles. The number of hydrogen-bond acceptors (Lipinski definition) is 7. The Bertz CT molecular complexity index is 655. The highest BCUT2D eigenvalue weighted by Gasteiger charge is 2.30. The van der Waals surface area contributed by atoms with E-state index in [1.54, 1.807) is 13.8 Å². The minimum atomic E-state index is -1.17. The molecule has 1 aromatic carbocycles. The Kier molecular flexibility index (Phi) is 5.81. The van der Waals surface area contributed by atoms with Gasteiger partial charge in [0.15, 0.2) is 5.17 Å². The first-order valence-corrected chi connectivity index (χ1v) is 8.11. The quantitative estimate of drug-likeness (QED) is 0.809. The zero-order valence-corrected chi connectivity index (χ0v) is 13.7. The van der Waals surface area contributed by atoms with Gasteiger partial charge in [-0.1, -0.05) is 42.1 Å². The molecule has 0 saturated carbocycles. The van der Waals surface area contributed by atoms with E-state index >= 15 is 0 Å². The largest absolute Gasteiger partial charge is 0.549 e. The van der Waals surface area contributed by atoms with Gasteiger partial charge in [-0.15, -0.1) is 0 Å². The van der Waals surface area contributed by atoms with Crippen LogP contribution in [-0.4, -0.2) is 29.5 Å². The number of rotatable bonds is 5. The molecule has 122 valence electrons. The van der Waals surface area contributed by atoms with Crippen molar-refractivity contribution in [2.24, 2.45) is 4.99 Å². The lowest BCUT2D eigenvalue weighted by Gasteiger charge is -2.25. The van der Waals surface area contributed by atoms with Gasteiger partial charge >= 0.3 is 5.97 Å². The lowest BCUT2D eigenvalue weighted by atomic mass is 9.97. The molecule has 0 aromatic heterocycles. The van der Waals surface area contributed by atoms with Gasteiger partial charge in [-0.3, -0.25) is 0 Å². The van der Waals surface area contributed by atoms with Crippen molar-refractivity contribution in [3.63, 3.8) is 0 Å². The Labute approximate surface area is 138 Å². The summed E-state index contributed by atoms with van der Waals surface area (Å²) in [7, 11) is 0. The van der Waals surface area contributed by atoms with E-state index in [4.69, 9.17) is 4.74 Å². The van der Waals surface area contributed by atoms with Gasteiger partial charge in [0.25, 0.3) is 0 Å². The molecular formula is C16H17N2O4S-. The van der Waals surface area contributed by atoms with E-state index in [1.807, 2.05) is 30.3 Å². The third-order valence-corrected chi connectivity index (χ3v) is 4.02. The Balaban J connectivity index is 2.35. The molecule has 23 heavy (non-hydrogen) atoms. The number of nitrogens with one attached hydrogen (secondary N) is 1. The fourth-order valence-electron chi connectivity index (χ4n) is 2.20. The van der Waals surface area contributed by atoms with Gasteiger partial charge in [0.2, 0.25) is 0 Å². The predicted molar refractivity (Wildman–Crippen MR) is 86.6 cm³/mol. The molecule has 1 aromatic rings. The summed E-state index contributed by atoms with van der Waals surface area (Å²) >= 11 is 1.03. The maximum Gasteiger partial charge on any atom is 0.338 e. The van der Waals surface area contributed by atoms with Crippen LogP contribution >= 0.6 is 11.8 Å². The Hall–Kier alpha value is -2.28. The number of amidine groups is 1. The lowest BCUT2D eigenvalue weighted by Crippen LogP contribution is -2.32. The van der Waals surface area contributed by atoms with Crippen LogP contribution in [0.5, 0.6) is 0 Å². The van der Waals surface area contributed by atoms with E-state index in [1.165, 1.54) is 0 Å². The fraction of sp³-hybridized carbons (Fsp3) is 0.312. The van der Waals surface area contributed by atoms with Crippen molar-refractivity contribution in [1.29, 1.82) is 0 Å². The molecular weight excluding hydrogens is 316 g/mol. The molecule has 0 radical (unpaired) electrons. The normalized spacial score (nSPS) is 17.3. The van der Waals surface area contributed by atoms with Crippen LogP contribution in [0.15, 0.2) is 46.6 Å². The van der Waals surface area contributed by atoms with Crippen molar-refractivity contribution in [1.82, 2.24) is 5.32 Å². The number of aliphatic imine (C=N–C) groups is 1. The zero-order chi connectivity index (χ0) is 16.8. The highest BCUT2D eigenvalue weighted by molar-refractivity contribution is 8.14. The number of nitrogens with zero attached hydrogens (tertiary/aromatic N) is 1. The van der Waals surface area contributed by atoms with E-state index in [9.17, 15) is 14.7 Å². The average Bonchev–Trinajstić information content (AvgIpc) is 2.53. The lowest BCUT2D eigenvalue weighted by molar-refractivity contribution is -0.301. The second-order valence-electron chi connectivity index (χ2n) is 4.79. The van der Waals surface area contributed by atoms with Gasteiger partial charge in [0.05, 0.1) is 18.1 Å². The van der Waals surface area contributed by atoms with Crippen molar-refractivity contribution in [3.05, 3.63) is 47.2 Å². The van der Waals surface area contributed by atoms with E-state index in [0.29, 0.717) is 16.4 Å². The topological polar surface area (TPSA) is 90.8 Å². The number of allylic oxidation sites excluding steroid dienone is 1. The van der Waals surface area contributed by atoms with Crippen molar-refractivity contribution in [2.45, 2.75) is 19.9 Å². The summed E-state index contributed by atoms with van der Waals surface area (Å²) in [5.41, 5.74) is 1.87. The number of carbonyl (C=O) groups is 2. The molecule has 0 amide bonds. The van der Waals surface area contributed by atoms with Crippen LogP contribution in [0.25, 0.3) is 0 Å². The molecule has 0 bridgehead atoms. The van der Waals surface area contributed by atoms with Gasteiger partial charge in [0, 0.05) is 11.4 Å². The molecule has 2 rings (SSSR count). The number of carboxylic acids is 1. The molecule has 0 spiro atoms. The van der Waals surface area contributed by atoms with Gasteiger partial charge in [-0.25, -0.2) is 9.79 Å². The van der Waals surface area contributed by atoms with Crippen molar-refractivity contribution < 1.29 is 19.4 Å². The van der Waals surface area contributed by atoms with Gasteiger partial charge in [0.1, 0.15) is 6.04 Å². The Morgan fingerprint density at radius 3 is 2.65 bits per heavy atom. The Morgan fingerprint density at radius 1 is 1.35 bits per heavy atom. The van der Waals surface area contributed by atoms with Gasteiger partial charge in [-0.2, -0.15) is 0 Å². The monoisotopic (exact) mass is 333 g/mol. The van der Waals surface area contributed by atoms with Crippen LogP contribution in [0.4, 0.5) is 0 Å². The molecule has 0 fully saturated rings. The highest BCUT2D eigenvalue weighted by Crippen LogP contribution is 2.32. The van der Waals surface area contributed by atoms with Crippen LogP contribution < -0.4 is 10.4 Å². The molecule has 1 heterocycles. The smallest absolute Gasteiger partial charge is 0.338 e. The predicted octanol–water partition coefficient (Wildman–Crippen LogP) is 1.01. The van der Waals surface area contributed by atoms with Crippen LogP contribution in [-0.2, 0) is 14.3 Å². The van der Waals surface area contributed by atoms with Crippen LogP contribution in [0.3, 0.4) is 0 Å². The number of aliphatic carboxylic acids is 1. The van der Waals surface area contributed by atoms with Crippen LogP contribution in [0.2, 0.25) is 0 Å². The molecule has 1 N–H and O–H groups in total. The summed E-state index contributed by atoms with van der Waals surface area (Å²) in [4.78, 5) is 27.4. The summed E-state index contributed by atoms with van der Waals surface area (Å²) < 4.78 is 5.12. The van der Waals surface area contributed by atoms with Crippen molar-refractivity contribution in [2.75, 3.05) is 12.4 Å². The summed E-state index contributed by atoms with van der Waals surface area (Å²) in [5, 5.41) is 14.0. The van der Waals surface area contributed by atoms with E-state index < -0.39 is 18.0 Å². The molecule has 7 heteroatoms. The average molecular weight is 333 g/mol. The second kappa shape index (κ2) is 7.82. The number of hydrogen-bond donors (Lipinski definition) is 1. The van der Waals surface area contributed by atoms with Crippen LogP contribution in [0, 0.1) is 0 Å². The zero-order valence-electron chi connectivity index (χ0n) is 12.9. The van der Waals surface area contributed by atoms with Crippen molar-refractivity contribution >= 4 is 28.9 Å². The maximum absolute atomic E-state index is 12.3. The first kappa shape index (κ1) is 17.1. The number of carboxylic acid groups (broad SMARTS) is 1. The molecule has 1 atom stereocenters. The minimum Gasteiger partial charge on any atom is -0.549 e. The molecule has 1 aliphatic rings. The third kappa shape index (κ3) is 4.35. The van der Waals surface area contributed by atoms with E-state index in [2.05, 4.69) is 10.3 Å². The van der Waals surface area contributed by atoms with E-state index in [0.717, 1.165) is 17.3 Å². The summed E-state index contributed by atoms with van der Waals surface area (Å²) in [6, 6.07) is 8.80. The van der Waals surface area contributed by atoms with Crippen molar-refractivity contribution in [3.8, 4) is 0 Å². The molecule has 1 aliphatic heterocycles. The number of thioether (sulfide) groups is 1. The number of carbonyl (C=O) groups excluding carboxylic acids is 2. The number of esters is 1. The first-order chi connectivity index (χ1) is 11.0. The minimum absolute atomic E-state index is 0.213. The van der Waals surface area contributed by atoms with Gasteiger partial charge in [-0.05, 0) is 19.4 Å². The standard InChI is InChI=1S/C16H18N2O4S/c1-3-22-15(21)13-10(2)17-16(23-9-12(19)20)18-14(13)11-7-5-4-6-8-11/h4-8,14H,3,9H2,1-2H3,(H,17,18)(H,19,20)/p-1/t14-/m1/s1.